The third-order valence-electron chi connectivity index (χ3n) is 5.77. The zero-order valence-corrected chi connectivity index (χ0v) is 17.6. The molecule has 1 aromatic heterocycles. The molecule has 1 aromatic carbocycles. The standard InChI is InChI=1S/C23H27FN4O2/c1-13-19(22(29)25-10-5-11-28(2)3)15-6-4-7-16(21(15)26-13)20-17-12-14(24)8-9-18(17)27-23(20)30/h8-9,12,26H,4-7,10-11H2,1-3H3,(H,25,29)(H,27,30)/b20-16-. The summed E-state index contributed by atoms with van der Waals surface area (Å²) in [5.41, 5.74) is 5.82. The summed E-state index contributed by atoms with van der Waals surface area (Å²) < 4.78 is 13.9. The Kier molecular flexibility index (Phi) is 5.47. The highest BCUT2D eigenvalue weighted by Crippen LogP contribution is 2.43. The SMILES string of the molecule is Cc1[nH]c2c(c1C(=O)NCCCN(C)C)CCC/C2=C1/C(=O)Nc2ccc(F)cc21. The molecule has 0 unspecified atom stereocenters. The first-order chi connectivity index (χ1) is 14.4. The number of anilines is 1. The van der Waals surface area contributed by atoms with E-state index in [4.69, 9.17) is 0 Å². The lowest BCUT2D eigenvalue weighted by molar-refractivity contribution is -0.110. The summed E-state index contributed by atoms with van der Waals surface area (Å²) in [6.07, 6.45) is 3.19. The quantitative estimate of drug-likeness (QED) is 0.523. The molecule has 0 radical (unpaired) electrons. The van der Waals surface area contributed by atoms with E-state index < -0.39 is 0 Å². The second-order valence-electron chi connectivity index (χ2n) is 8.24. The van der Waals surface area contributed by atoms with Crippen molar-refractivity contribution < 1.29 is 14.0 Å². The summed E-state index contributed by atoms with van der Waals surface area (Å²) in [4.78, 5) is 31.0. The molecule has 0 bridgehead atoms. The largest absolute Gasteiger partial charge is 0.358 e. The first-order valence-electron chi connectivity index (χ1n) is 10.4. The van der Waals surface area contributed by atoms with E-state index in [2.05, 4.69) is 20.5 Å². The molecule has 3 N–H and O–H groups in total. The van der Waals surface area contributed by atoms with Crippen LogP contribution < -0.4 is 10.6 Å². The normalized spacial score (nSPS) is 17.7. The number of halogens is 1. The molecule has 2 amide bonds. The molecule has 30 heavy (non-hydrogen) atoms. The van der Waals surface area contributed by atoms with E-state index in [0.29, 0.717) is 35.4 Å². The Balaban J connectivity index is 1.69. The number of hydrogen-bond acceptors (Lipinski definition) is 3. The van der Waals surface area contributed by atoms with Gasteiger partial charge in [-0.25, -0.2) is 4.39 Å². The van der Waals surface area contributed by atoms with Crippen LogP contribution in [0.15, 0.2) is 18.2 Å². The number of carbonyl (C=O) groups is 2. The van der Waals surface area contributed by atoms with Gasteiger partial charge in [0, 0.05) is 29.2 Å². The van der Waals surface area contributed by atoms with Gasteiger partial charge in [0.05, 0.1) is 11.1 Å². The van der Waals surface area contributed by atoms with Gasteiger partial charge >= 0.3 is 0 Å². The third kappa shape index (κ3) is 3.65. The van der Waals surface area contributed by atoms with Crippen molar-refractivity contribution in [3.8, 4) is 0 Å². The maximum atomic E-state index is 13.9. The predicted molar refractivity (Wildman–Crippen MR) is 116 cm³/mol. The van der Waals surface area contributed by atoms with Crippen LogP contribution in [0.5, 0.6) is 0 Å². The van der Waals surface area contributed by atoms with E-state index in [1.54, 1.807) is 6.07 Å². The van der Waals surface area contributed by atoms with Crippen LogP contribution in [-0.4, -0.2) is 48.9 Å². The number of fused-ring (bicyclic) bond motifs is 2. The summed E-state index contributed by atoms with van der Waals surface area (Å²) in [6.45, 7) is 3.41. The van der Waals surface area contributed by atoms with Gasteiger partial charge in [0.25, 0.3) is 11.8 Å². The van der Waals surface area contributed by atoms with Gasteiger partial charge in [-0.1, -0.05) is 0 Å². The molecular formula is C23H27FN4O2. The van der Waals surface area contributed by atoms with Gasteiger partial charge < -0.3 is 20.5 Å². The number of aromatic amines is 1. The number of nitrogens with zero attached hydrogens (tertiary/aromatic N) is 1. The van der Waals surface area contributed by atoms with Crippen LogP contribution in [-0.2, 0) is 11.2 Å². The molecule has 2 aromatic rings. The predicted octanol–water partition coefficient (Wildman–Crippen LogP) is 3.34. The van der Waals surface area contributed by atoms with Crippen LogP contribution in [0.2, 0.25) is 0 Å². The fraction of sp³-hybridized carbons (Fsp3) is 0.391. The van der Waals surface area contributed by atoms with Crippen LogP contribution in [0, 0.1) is 12.7 Å². The fourth-order valence-corrected chi connectivity index (χ4v) is 4.43. The minimum atomic E-state index is -0.375. The first-order valence-corrected chi connectivity index (χ1v) is 10.4. The number of benzene rings is 1. The van der Waals surface area contributed by atoms with Gasteiger partial charge in [0.15, 0.2) is 0 Å². The van der Waals surface area contributed by atoms with Crippen molar-refractivity contribution in [3.05, 3.63) is 52.1 Å². The molecular weight excluding hydrogens is 383 g/mol. The number of amides is 2. The van der Waals surface area contributed by atoms with E-state index in [0.717, 1.165) is 48.3 Å². The zero-order chi connectivity index (χ0) is 21.4. The van der Waals surface area contributed by atoms with Crippen molar-refractivity contribution in [1.29, 1.82) is 0 Å². The Morgan fingerprint density at radius 3 is 2.83 bits per heavy atom. The lowest BCUT2D eigenvalue weighted by atomic mass is 9.86. The van der Waals surface area contributed by atoms with Crippen LogP contribution in [0.25, 0.3) is 11.1 Å². The van der Waals surface area contributed by atoms with Crippen molar-refractivity contribution in [2.75, 3.05) is 32.5 Å². The monoisotopic (exact) mass is 410 g/mol. The van der Waals surface area contributed by atoms with E-state index in [1.807, 2.05) is 21.0 Å². The van der Waals surface area contributed by atoms with Crippen molar-refractivity contribution in [3.63, 3.8) is 0 Å². The van der Waals surface area contributed by atoms with E-state index in [9.17, 15) is 14.0 Å². The number of aromatic nitrogens is 1. The van der Waals surface area contributed by atoms with Gasteiger partial charge in [-0.3, -0.25) is 9.59 Å². The molecule has 0 fully saturated rings. The Hall–Kier alpha value is -2.93. The van der Waals surface area contributed by atoms with Crippen LogP contribution in [0.3, 0.4) is 0 Å². The number of allylic oxidation sites excluding steroid dienone is 1. The second kappa shape index (κ2) is 8.07. The highest BCUT2D eigenvalue weighted by atomic mass is 19.1. The van der Waals surface area contributed by atoms with E-state index in [1.165, 1.54) is 12.1 Å². The molecule has 0 saturated carbocycles. The average molecular weight is 410 g/mol. The van der Waals surface area contributed by atoms with E-state index in [-0.39, 0.29) is 17.6 Å². The Morgan fingerprint density at radius 2 is 2.07 bits per heavy atom. The highest BCUT2D eigenvalue weighted by molar-refractivity contribution is 6.36. The summed E-state index contributed by atoms with van der Waals surface area (Å²) in [5, 5.41) is 5.85. The van der Waals surface area contributed by atoms with Gasteiger partial charge in [-0.2, -0.15) is 0 Å². The third-order valence-corrected chi connectivity index (χ3v) is 5.77. The Morgan fingerprint density at radius 1 is 1.27 bits per heavy atom. The van der Waals surface area contributed by atoms with Gasteiger partial charge in [-0.05, 0) is 82.6 Å². The topological polar surface area (TPSA) is 77.2 Å². The number of carbonyl (C=O) groups excluding carboxylic acids is 2. The minimum absolute atomic E-state index is 0.0858. The van der Waals surface area contributed by atoms with Crippen molar-refractivity contribution in [2.24, 2.45) is 0 Å². The van der Waals surface area contributed by atoms with Crippen LogP contribution >= 0.6 is 0 Å². The van der Waals surface area contributed by atoms with E-state index >= 15 is 0 Å². The lowest BCUT2D eigenvalue weighted by Crippen LogP contribution is -2.28. The highest BCUT2D eigenvalue weighted by Gasteiger charge is 2.33. The molecule has 0 saturated heterocycles. The molecule has 1 aliphatic heterocycles. The van der Waals surface area contributed by atoms with Crippen molar-refractivity contribution in [1.82, 2.24) is 15.2 Å². The molecule has 2 aliphatic rings. The number of aryl methyl sites for hydroxylation is 1. The van der Waals surface area contributed by atoms with Crippen LogP contribution in [0.1, 0.15) is 52.1 Å². The van der Waals surface area contributed by atoms with Crippen molar-refractivity contribution >= 4 is 28.6 Å². The summed E-state index contributed by atoms with van der Waals surface area (Å²) in [5.74, 6) is -0.683. The maximum Gasteiger partial charge on any atom is 0.256 e. The molecule has 7 heteroatoms. The number of hydrogen-bond donors (Lipinski definition) is 3. The Labute approximate surface area is 175 Å². The molecule has 0 atom stereocenters. The lowest BCUT2D eigenvalue weighted by Gasteiger charge is -2.18. The van der Waals surface area contributed by atoms with Crippen LogP contribution in [0.4, 0.5) is 10.1 Å². The molecule has 4 rings (SSSR count). The molecule has 0 spiro atoms. The maximum absolute atomic E-state index is 13.9. The fourth-order valence-electron chi connectivity index (χ4n) is 4.43. The van der Waals surface area contributed by atoms with Gasteiger partial charge in [-0.15, -0.1) is 0 Å². The summed E-state index contributed by atoms with van der Waals surface area (Å²) >= 11 is 0. The van der Waals surface area contributed by atoms with Crippen molar-refractivity contribution in [2.45, 2.75) is 32.6 Å². The number of rotatable bonds is 5. The second-order valence-corrected chi connectivity index (χ2v) is 8.24. The number of H-pyrrole nitrogens is 1. The molecule has 1 aliphatic carbocycles. The Bertz CT molecular complexity index is 1050. The zero-order valence-electron chi connectivity index (χ0n) is 17.6. The first kappa shape index (κ1) is 20.3. The molecule has 2 heterocycles. The van der Waals surface area contributed by atoms with Gasteiger partial charge in [0.1, 0.15) is 5.82 Å². The summed E-state index contributed by atoms with van der Waals surface area (Å²) in [6, 6.07) is 4.33. The van der Waals surface area contributed by atoms with Gasteiger partial charge in [0.2, 0.25) is 0 Å². The summed E-state index contributed by atoms with van der Waals surface area (Å²) in [7, 11) is 4.01. The molecule has 158 valence electrons. The minimum Gasteiger partial charge on any atom is -0.358 e. The number of nitrogens with one attached hydrogen (secondary N) is 3. The smallest absolute Gasteiger partial charge is 0.256 e. The average Bonchev–Trinajstić information content (AvgIpc) is 3.20. The molecule has 6 nitrogen and oxygen atoms in total.